The van der Waals surface area contributed by atoms with Crippen molar-refractivity contribution < 1.29 is 23.4 Å². The maximum Gasteiger partial charge on any atom is 0.387 e. The van der Waals surface area contributed by atoms with Crippen LogP contribution in [0, 0.1) is 5.92 Å². The van der Waals surface area contributed by atoms with Crippen LogP contribution in [0.3, 0.4) is 0 Å². The van der Waals surface area contributed by atoms with Crippen molar-refractivity contribution in [3.63, 3.8) is 0 Å². The van der Waals surface area contributed by atoms with Gasteiger partial charge in [-0.25, -0.2) is 0 Å². The fourth-order valence-electron chi connectivity index (χ4n) is 2.57. The molecule has 1 unspecified atom stereocenters. The van der Waals surface area contributed by atoms with Gasteiger partial charge in [0, 0.05) is 18.7 Å². The first kappa shape index (κ1) is 17.1. The molecule has 0 radical (unpaired) electrons. The molecular formula is C17H19F2NO3. The first-order valence-corrected chi connectivity index (χ1v) is 7.25. The third-order valence-corrected chi connectivity index (χ3v) is 3.65. The van der Waals surface area contributed by atoms with E-state index in [0.29, 0.717) is 18.7 Å². The predicted molar refractivity (Wildman–Crippen MR) is 83.7 cm³/mol. The number of hydrogen-bond donors (Lipinski definition) is 1. The van der Waals surface area contributed by atoms with E-state index < -0.39 is 18.5 Å². The number of alkyl halides is 2. The molecule has 0 aromatic heterocycles. The smallest absolute Gasteiger partial charge is 0.387 e. The van der Waals surface area contributed by atoms with Crippen molar-refractivity contribution in [2.75, 3.05) is 13.6 Å². The number of ether oxygens (including phenoxy) is 1. The highest BCUT2D eigenvalue weighted by atomic mass is 19.3. The largest absolute Gasteiger partial charge is 0.481 e. The second kappa shape index (κ2) is 7.37. The molecule has 0 aliphatic carbocycles. The number of fused-ring (bicyclic) bond motifs is 1. The summed E-state index contributed by atoms with van der Waals surface area (Å²) in [6, 6.07) is 10.7. The van der Waals surface area contributed by atoms with Crippen LogP contribution in [0.5, 0.6) is 5.75 Å². The molecule has 2 aromatic rings. The highest BCUT2D eigenvalue weighted by Crippen LogP contribution is 2.30. The Morgan fingerprint density at radius 3 is 2.61 bits per heavy atom. The number of nitrogens with zero attached hydrogens (tertiary/aromatic N) is 1. The Morgan fingerprint density at radius 2 is 1.96 bits per heavy atom. The fraction of sp³-hybridized carbons (Fsp3) is 0.353. The van der Waals surface area contributed by atoms with Gasteiger partial charge in [-0.2, -0.15) is 8.78 Å². The SMILES string of the molecule is CC(CN(C)Cc1c(OC(F)F)ccc2ccccc12)C(=O)O. The molecule has 0 spiro atoms. The van der Waals surface area contributed by atoms with Crippen LogP contribution in [0.25, 0.3) is 10.8 Å². The summed E-state index contributed by atoms with van der Waals surface area (Å²) in [5, 5.41) is 10.7. The van der Waals surface area contributed by atoms with E-state index in [4.69, 9.17) is 5.11 Å². The van der Waals surface area contributed by atoms with Gasteiger partial charge in [0.15, 0.2) is 0 Å². The lowest BCUT2D eigenvalue weighted by molar-refractivity contribution is -0.141. The van der Waals surface area contributed by atoms with Crippen LogP contribution in [0.2, 0.25) is 0 Å². The van der Waals surface area contributed by atoms with Gasteiger partial charge in [0.25, 0.3) is 0 Å². The molecule has 1 N–H and O–H groups in total. The zero-order valence-corrected chi connectivity index (χ0v) is 13.0. The molecule has 0 heterocycles. The van der Waals surface area contributed by atoms with E-state index >= 15 is 0 Å². The molecule has 0 aliphatic heterocycles. The van der Waals surface area contributed by atoms with Gasteiger partial charge in [0.1, 0.15) is 5.75 Å². The summed E-state index contributed by atoms with van der Waals surface area (Å²) in [5.74, 6) is -1.32. The minimum absolute atomic E-state index is 0.119. The first-order chi connectivity index (χ1) is 10.9. The number of hydrogen-bond acceptors (Lipinski definition) is 3. The predicted octanol–water partition coefficient (Wildman–Crippen LogP) is 3.59. The van der Waals surface area contributed by atoms with Crippen LogP contribution in [0.4, 0.5) is 8.78 Å². The van der Waals surface area contributed by atoms with E-state index in [0.717, 1.165) is 10.8 Å². The fourth-order valence-corrected chi connectivity index (χ4v) is 2.57. The van der Waals surface area contributed by atoms with Gasteiger partial charge >= 0.3 is 12.6 Å². The van der Waals surface area contributed by atoms with Crippen LogP contribution in [0.15, 0.2) is 36.4 Å². The van der Waals surface area contributed by atoms with Gasteiger partial charge in [-0.1, -0.05) is 37.3 Å². The van der Waals surface area contributed by atoms with Crippen LogP contribution in [-0.4, -0.2) is 36.2 Å². The number of carbonyl (C=O) groups is 1. The van der Waals surface area contributed by atoms with Gasteiger partial charge in [0.05, 0.1) is 5.92 Å². The average Bonchev–Trinajstić information content (AvgIpc) is 2.49. The van der Waals surface area contributed by atoms with Crippen LogP contribution >= 0.6 is 0 Å². The summed E-state index contributed by atoms with van der Waals surface area (Å²) in [6.45, 7) is -0.662. The van der Waals surface area contributed by atoms with Crippen molar-refractivity contribution in [3.05, 3.63) is 42.0 Å². The van der Waals surface area contributed by atoms with Crippen molar-refractivity contribution in [2.45, 2.75) is 20.1 Å². The zero-order chi connectivity index (χ0) is 17.0. The molecule has 0 saturated carbocycles. The summed E-state index contributed by atoms with van der Waals surface area (Å²) >= 11 is 0. The first-order valence-electron chi connectivity index (χ1n) is 7.25. The summed E-state index contributed by atoms with van der Waals surface area (Å²) in [7, 11) is 1.76. The molecular weight excluding hydrogens is 304 g/mol. The van der Waals surface area contributed by atoms with Crippen molar-refractivity contribution in [2.24, 2.45) is 5.92 Å². The lowest BCUT2D eigenvalue weighted by Crippen LogP contribution is -2.28. The number of carboxylic acids is 1. The molecule has 2 aromatic carbocycles. The maximum absolute atomic E-state index is 12.6. The van der Waals surface area contributed by atoms with E-state index in [1.807, 2.05) is 24.3 Å². The monoisotopic (exact) mass is 323 g/mol. The number of rotatable bonds is 7. The molecule has 2 rings (SSSR count). The van der Waals surface area contributed by atoms with E-state index in [-0.39, 0.29) is 5.75 Å². The van der Waals surface area contributed by atoms with Crippen molar-refractivity contribution in [3.8, 4) is 5.75 Å². The maximum atomic E-state index is 12.6. The number of halogens is 2. The Balaban J connectivity index is 2.33. The lowest BCUT2D eigenvalue weighted by Gasteiger charge is -2.22. The van der Waals surface area contributed by atoms with Crippen molar-refractivity contribution in [1.82, 2.24) is 4.90 Å². The van der Waals surface area contributed by atoms with E-state index in [9.17, 15) is 13.6 Å². The molecule has 0 bridgehead atoms. The molecule has 23 heavy (non-hydrogen) atoms. The van der Waals surface area contributed by atoms with Gasteiger partial charge in [-0.15, -0.1) is 0 Å². The van der Waals surface area contributed by atoms with Crippen LogP contribution in [-0.2, 0) is 11.3 Å². The molecule has 0 amide bonds. The van der Waals surface area contributed by atoms with E-state index in [1.165, 1.54) is 6.07 Å². The lowest BCUT2D eigenvalue weighted by atomic mass is 10.0. The standard InChI is InChI=1S/C17H19F2NO3/c1-11(16(21)22)9-20(2)10-14-13-6-4-3-5-12(13)7-8-15(14)23-17(18)19/h3-8,11,17H,9-10H2,1-2H3,(H,21,22). The second-order valence-electron chi connectivity index (χ2n) is 5.58. The van der Waals surface area contributed by atoms with E-state index in [1.54, 1.807) is 24.9 Å². The zero-order valence-electron chi connectivity index (χ0n) is 13.0. The highest BCUT2D eigenvalue weighted by molar-refractivity contribution is 5.87. The summed E-state index contributed by atoms with van der Waals surface area (Å²) < 4.78 is 29.9. The van der Waals surface area contributed by atoms with Crippen molar-refractivity contribution >= 4 is 16.7 Å². The minimum atomic E-state index is -2.90. The van der Waals surface area contributed by atoms with Gasteiger partial charge in [0.2, 0.25) is 0 Å². The minimum Gasteiger partial charge on any atom is -0.481 e. The van der Waals surface area contributed by atoms with Crippen LogP contribution in [0.1, 0.15) is 12.5 Å². The number of carboxylic acid groups (broad SMARTS) is 1. The Labute approximate surface area is 133 Å². The molecule has 0 aliphatic rings. The van der Waals surface area contributed by atoms with E-state index in [2.05, 4.69) is 4.74 Å². The van der Waals surface area contributed by atoms with Gasteiger partial charge in [-0.3, -0.25) is 4.79 Å². The molecule has 0 fully saturated rings. The highest BCUT2D eigenvalue weighted by Gasteiger charge is 2.18. The normalized spacial score (nSPS) is 12.8. The molecule has 1 atom stereocenters. The second-order valence-corrected chi connectivity index (χ2v) is 5.58. The summed E-state index contributed by atoms with van der Waals surface area (Å²) in [4.78, 5) is 12.8. The van der Waals surface area contributed by atoms with Crippen LogP contribution < -0.4 is 4.74 Å². The quantitative estimate of drug-likeness (QED) is 0.846. The molecule has 0 saturated heterocycles. The number of aliphatic carboxylic acids is 1. The Morgan fingerprint density at radius 1 is 1.26 bits per heavy atom. The van der Waals surface area contributed by atoms with Gasteiger partial charge in [-0.05, 0) is 23.9 Å². The molecule has 124 valence electrons. The van der Waals surface area contributed by atoms with Gasteiger partial charge < -0.3 is 14.7 Å². The van der Waals surface area contributed by atoms with Crippen molar-refractivity contribution in [1.29, 1.82) is 0 Å². The number of benzene rings is 2. The Kier molecular flexibility index (Phi) is 5.50. The summed E-state index contributed by atoms with van der Waals surface area (Å²) in [5.41, 5.74) is 0.628. The topological polar surface area (TPSA) is 49.8 Å². The third-order valence-electron chi connectivity index (χ3n) is 3.65. The Hall–Kier alpha value is -2.21. The summed E-state index contributed by atoms with van der Waals surface area (Å²) in [6.07, 6.45) is 0. The Bertz CT molecular complexity index is 691. The average molecular weight is 323 g/mol. The molecule has 6 heteroatoms. The molecule has 4 nitrogen and oxygen atoms in total. The third kappa shape index (κ3) is 4.39.